The van der Waals surface area contributed by atoms with Crippen LogP contribution in [-0.2, 0) is 4.74 Å². The summed E-state index contributed by atoms with van der Waals surface area (Å²) in [5, 5.41) is 3.96. The first-order valence-corrected chi connectivity index (χ1v) is 9.22. The van der Waals surface area contributed by atoms with Crippen molar-refractivity contribution in [2.45, 2.75) is 82.3 Å². The van der Waals surface area contributed by atoms with Gasteiger partial charge in [0.15, 0.2) is 0 Å². The van der Waals surface area contributed by atoms with Crippen molar-refractivity contribution in [2.75, 3.05) is 13.2 Å². The highest BCUT2D eigenvalue weighted by Gasteiger charge is 2.42. The number of hydrogen-bond acceptors (Lipinski definition) is 2. The summed E-state index contributed by atoms with van der Waals surface area (Å²) in [6.45, 7) is 2.30. The van der Waals surface area contributed by atoms with Crippen LogP contribution in [0.2, 0.25) is 0 Å². The van der Waals surface area contributed by atoms with E-state index in [9.17, 15) is 0 Å². The van der Waals surface area contributed by atoms with Crippen molar-refractivity contribution >= 4 is 0 Å². The first kappa shape index (κ1) is 13.6. The zero-order valence-corrected chi connectivity index (χ0v) is 12.9. The fourth-order valence-electron chi connectivity index (χ4n) is 4.82. The van der Waals surface area contributed by atoms with Gasteiger partial charge in [0.25, 0.3) is 0 Å². The molecule has 1 heterocycles. The van der Waals surface area contributed by atoms with Crippen LogP contribution in [0.5, 0.6) is 0 Å². The summed E-state index contributed by atoms with van der Waals surface area (Å²) in [7, 11) is 0. The van der Waals surface area contributed by atoms with Crippen LogP contribution < -0.4 is 5.32 Å². The molecule has 0 radical (unpaired) electrons. The van der Waals surface area contributed by atoms with E-state index in [-0.39, 0.29) is 5.60 Å². The minimum absolute atomic E-state index is 0.267. The van der Waals surface area contributed by atoms with Crippen LogP contribution in [-0.4, -0.2) is 24.8 Å². The van der Waals surface area contributed by atoms with E-state index in [1.165, 1.54) is 77.2 Å². The van der Waals surface area contributed by atoms with Gasteiger partial charge in [-0.05, 0) is 75.7 Å². The lowest BCUT2D eigenvalue weighted by atomic mass is 9.78. The Bertz CT molecular complexity index is 311. The van der Waals surface area contributed by atoms with Crippen LogP contribution >= 0.6 is 0 Å². The standard InChI is InChI=1S/C18H31NO/c1-2-9-18(10-3-1)12-16(8-11-20-18)19-13-17(14-4-5-14)15-6-7-15/h14-17,19H,1-13H2. The minimum Gasteiger partial charge on any atom is -0.375 e. The Morgan fingerprint density at radius 2 is 1.65 bits per heavy atom. The quantitative estimate of drug-likeness (QED) is 0.823. The average Bonchev–Trinajstić information content (AvgIpc) is 3.34. The summed E-state index contributed by atoms with van der Waals surface area (Å²) < 4.78 is 6.22. The molecule has 1 spiro atoms. The molecular formula is C18H31NO. The molecule has 4 rings (SSSR count). The topological polar surface area (TPSA) is 21.3 Å². The molecule has 4 fully saturated rings. The fraction of sp³-hybridized carbons (Fsp3) is 1.00. The van der Waals surface area contributed by atoms with Gasteiger partial charge < -0.3 is 10.1 Å². The highest BCUT2D eigenvalue weighted by Crippen LogP contribution is 2.49. The van der Waals surface area contributed by atoms with Crippen LogP contribution in [0.25, 0.3) is 0 Å². The molecule has 0 bridgehead atoms. The second-order valence-corrected chi connectivity index (χ2v) is 8.03. The van der Waals surface area contributed by atoms with Crippen LogP contribution in [0.3, 0.4) is 0 Å². The largest absolute Gasteiger partial charge is 0.375 e. The molecule has 3 saturated carbocycles. The summed E-state index contributed by atoms with van der Waals surface area (Å²) in [5.41, 5.74) is 0.267. The van der Waals surface area contributed by atoms with E-state index in [1.807, 2.05) is 0 Å². The Hall–Kier alpha value is -0.0800. The van der Waals surface area contributed by atoms with Gasteiger partial charge in [-0.3, -0.25) is 0 Å². The maximum Gasteiger partial charge on any atom is 0.0697 e. The summed E-state index contributed by atoms with van der Waals surface area (Å²) in [6, 6.07) is 0.738. The van der Waals surface area contributed by atoms with E-state index in [2.05, 4.69) is 5.32 Å². The van der Waals surface area contributed by atoms with Gasteiger partial charge in [-0.15, -0.1) is 0 Å². The Balaban J connectivity index is 1.29. The second-order valence-electron chi connectivity index (χ2n) is 8.03. The summed E-state index contributed by atoms with van der Waals surface area (Å²) in [4.78, 5) is 0. The second kappa shape index (κ2) is 5.61. The summed E-state index contributed by atoms with van der Waals surface area (Å²) >= 11 is 0. The first-order valence-electron chi connectivity index (χ1n) is 9.22. The summed E-state index contributed by atoms with van der Waals surface area (Å²) in [5.74, 6) is 3.18. The third kappa shape index (κ3) is 3.06. The SMILES string of the molecule is C1CCC2(CC1)CC(NCC(C1CC1)C1CC1)CCO2. The van der Waals surface area contributed by atoms with Gasteiger partial charge in [-0.2, -0.15) is 0 Å². The van der Waals surface area contributed by atoms with Gasteiger partial charge in [0.2, 0.25) is 0 Å². The van der Waals surface area contributed by atoms with Gasteiger partial charge >= 0.3 is 0 Å². The van der Waals surface area contributed by atoms with Gasteiger partial charge in [0.05, 0.1) is 5.60 Å². The fourth-order valence-corrected chi connectivity index (χ4v) is 4.82. The van der Waals surface area contributed by atoms with E-state index >= 15 is 0 Å². The van der Waals surface area contributed by atoms with E-state index in [0.717, 1.165) is 30.4 Å². The average molecular weight is 277 g/mol. The number of nitrogens with one attached hydrogen (secondary N) is 1. The molecule has 3 aliphatic carbocycles. The van der Waals surface area contributed by atoms with Crippen molar-refractivity contribution < 1.29 is 4.74 Å². The Labute approximate surface area is 124 Å². The highest BCUT2D eigenvalue weighted by molar-refractivity contribution is 4.95. The Kier molecular flexibility index (Phi) is 3.80. The maximum atomic E-state index is 6.22. The molecule has 1 unspecified atom stereocenters. The molecule has 20 heavy (non-hydrogen) atoms. The van der Waals surface area contributed by atoms with Crippen molar-refractivity contribution in [3.05, 3.63) is 0 Å². The molecule has 0 aromatic carbocycles. The number of ether oxygens (including phenoxy) is 1. The monoisotopic (exact) mass is 277 g/mol. The van der Waals surface area contributed by atoms with Gasteiger partial charge in [-0.25, -0.2) is 0 Å². The van der Waals surface area contributed by atoms with E-state index in [0.29, 0.717) is 0 Å². The molecule has 1 N–H and O–H groups in total. The van der Waals surface area contributed by atoms with Gasteiger partial charge in [0, 0.05) is 12.6 Å². The molecule has 2 nitrogen and oxygen atoms in total. The van der Waals surface area contributed by atoms with Crippen molar-refractivity contribution in [1.29, 1.82) is 0 Å². The van der Waals surface area contributed by atoms with Crippen molar-refractivity contribution in [3.63, 3.8) is 0 Å². The number of rotatable bonds is 5. The van der Waals surface area contributed by atoms with E-state index in [1.54, 1.807) is 0 Å². The Morgan fingerprint density at radius 3 is 2.30 bits per heavy atom. The lowest BCUT2D eigenvalue weighted by Crippen LogP contribution is -2.49. The maximum absolute atomic E-state index is 6.22. The van der Waals surface area contributed by atoms with Crippen molar-refractivity contribution in [3.8, 4) is 0 Å². The predicted octanol–water partition coefficient (Wildman–Crippen LogP) is 3.89. The van der Waals surface area contributed by atoms with Gasteiger partial charge in [-0.1, -0.05) is 19.3 Å². The predicted molar refractivity (Wildman–Crippen MR) is 81.7 cm³/mol. The van der Waals surface area contributed by atoms with Crippen LogP contribution in [0.4, 0.5) is 0 Å². The minimum atomic E-state index is 0.267. The molecule has 1 atom stereocenters. The molecule has 1 aliphatic heterocycles. The Morgan fingerprint density at radius 1 is 0.950 bits per heavy atom. The van der Waals surface area contributed by atoms with Crippen molar-refractivity contribution in [1.82, 2.24) is 5.32 Å². The first-order chi connectivity index (χ1) is 9.85. The molecule has 4 aliphatic rings. The highest BCUT2D eigenvalue weighted by atomic mass is 16.5. The lowest BCUT2D eigenvalue weighted by molar-refractivity contribution is -0.109. The van der Waals surface area contributed by atoms with Gasteiger partial charge in [0.1, 0.15) is 0 Å². The molecular weight excluding hydrogens is 246 g/mol. The summed E-state index contributed by atoms with van der Waals surface area (Å²) in [6.07, 6.45) is 15.4. The molecule has 1 saturated heterocycles. The van der Waals surface area contributed by atoms with E-state index in [4.69, 9.17) is 4.74 Å². The van der Waals surface area contributed by atoms with E-state index < -0.39 is 0 Å². The zero-order valence-electron chi connectivity index (χ0n) is 12.9. The van der Waals surface area contributed by atoms with Crippen LogP contribution in [0.1, 0.15) is 70.6 Å². The molecule has 114 valence electrons. The zero-order chi connectivity index (χ0) is 13.4. The van der Waals surface area contributed by atoms with Crippen LogP contribution in [0, 0.1) is 17.8 Å². The third-order valence-electron chi connectivity index (χ3n) is 6.35. The smallest absolute Gasteiger partial charge is 0.0697 e. The third-order valence-corrected chi connectivity index (χ3v) is 6.35. The molecule has 0 aromatic rings. The molecule has 0 amide bonds. The molecule has 0 aromatic heterocycles. The number of hydrogen-bond donors (Lipinski definition) is 1. The normalized spacial score (nSPS) is 33.8. The lowest BCUT2D eigenvalue weighted by Gasteiger charge is -2.44. The van der Waals surface area contributed by atoms with Crippen LogP contribution in [0.15, 0.2) is 0 Å². The molecule has 2 heteroatoms. The van der Waals surface area contributed by atoms with Crippen molar-refractivity contribution in [2.24, 2.45) is 17.8 Å².